The molecule has 0 amide bonds. The maximum atomic E-state index is 13.9. The first-order valence-corrected chi connectivity index (χ1v) is 6.11. The third-order valence-corrected chi connectivity index (χ3v) is 3.45. The van der Waals surface area contributed by atoms with Crippen LogP contribution >= 0.6 is 0 Å². The standard InChI is InChI=1S/C13H17F2N3O/c1-18(6-7-2-9(19)3-7)12-10(14)4-8(13(16)17)5-11(12)15/h4-5,7,9,19H,2-3,6H2,1H3,(H3,16,17). The summed E-state index contributed by atoms with van der Waals surface area (Å²) in [7, 11) is 1.61. The molecule has 0 bridgehead atoms. The summed E-state index contributed by atoms with van der Waals surface area (Å²) in [4.78, 5) is 1.51. The minimum atomic E-state index is -0.729. The number of nitrogens with zero attached hydrogens (tertiary/aromatic N) is 1. The summed E-state index contributed by atoms with van der Waals surface area (Å²) in [6.07, 6.45) is 1.05. The van der Waals surface area contributed by atoms with E-state index in [1.165, 1.54) is 4.90 Å². The molecule has 1 aromatic rings. The van der Waals surface area contributed by atoms with Crippen LogP contribution in [0.1, 0.15) is 18.4 Å². The number of anilines is 1. The number of aliphatic hydroxyl groups excluding tert-OH is 1. The van der Waals surface area contributed by atoms with Gasteiger partial charge in [0.2, 0.25) is 0 Å². The lowest BCUT2D eigenvalue weighted by Gasteiger charge is -2.35. The molecule has 0 saturated heterocycles. The molecule has 6 heteroatoms. The average molecular weight is 269 g/mol. The summed E-state index contributed by atoms with van der Waals surface area (Å²) in [5.41, 5.74) is 5.13. The molecule has 104 valence electrons. The fraction of sp³-hybridized carbons (Fsp3) is 0.462. The Labute approximate surface area is 110 Å². The van der Waals surface area contributed by atoms with Gasteiger partial charge in [-0.05, 0) is 30.9 Å². The first-order valence-electron chi connectivity index (χ1n) is 6.11. The Kier molecular flexibility index (Phi) is 3.71. The fourth-order valence-electron chi connectivity index (χ4n) is 2.41. The van der Waals surface area contributed by atoms with Gasteiger partial charge in [0.15, 0.2) is 0 Å². The number of hydrogen-bond donors (Lipinski definition) is 3. The van der Waals surface area contributed by atoms with Gasteiger partial charge >= 0.3 is 0 Å². The molecule has 1 aromatic carbocycles. The lowest BCUT2D eigenvalue weighted by Crippen LogP contribution is -2.37. The van der Waals surface area contributed by atoms with Crippen molar-refractivity contribution in [1.29, 1.82) is 5.41 Å². The van der Waals surface area contributed by atoms with Crippen molar-refractivity contribution in [3.63, 3.8) is 0 Å². The van der Waals surface area contributed by atoms with Crippen molar-refractivity contribution in [3.8, 4) is 0 Å². The van der Waals surface area contributed by atoms with Crippen molar-refractivity contribution < 1.29 is 13.9 Å². The van der Waals surface area contributed by atoms with Crippen LogP contribution < -0.4 is 10.6 Å². The number of amidine groups is 1. The van der Waals surface area contributed by atoms with Crippen LogP contribution in [0.25, 0.3) is 0 Å². The van der Waals surface area contributed by atoms with Gasteiger partial charge in [0.05, 0.1) is 6.10 Å². The molecule has 4 N–H and O–H groups in total. The number of halogens is 2. The molecule has 0 heterocycles. The van der Waals surface area contributed by atoms with Crippen LogP contribution in [0.3, 0.4) is 0 Å². The highest BCUT2D eigenvalue weighted by atomic mass is 19.1. The monoisotopic (exact) mass is 269 g/mol. The Morgan fingerprint density at radius 2 is 1.95 bits per heavy atom. The van der Waals surface area contributed by atoms with Gasteiger partial charge in [-0.2, -0.15) is 0 Å². The van der Waals surface area contributed by atoms with Gasteiger partial charge in [-0.15, -0.1) is 0 Å². The Morgan fingerprint density at radius 1 is 1.42 bits per heavy atom. The van der Waals surface area contributed by atoms with E-state index in [1.54, 1.807) is 7.05 Å². The molecule has 4 nitrogen and oxygen atoms in total. The van der Waals surface area contributed by atoms with Crippen LogP contribution in [-0.4, -0.2) is 30.6 Å². The maximum Gasteiger partial charge on any atom is 0.150 e. The number of nitrogens with two attached hydrogens (primary N) is 1. The molecule has 1 aliphatic rings. The predicted molar refractivity (Wildman–Crippen MR) is 69.4 cm³/mol. The van der Waals surface area contributed by atoms with E-state index in [0.29, 0.717) is 19.4 Å². The number of nitrogen functional groups attached to an aromatic ring is 1. The van der Waals surface area contributed by atoms with E-state index in [1.807, 2.05) is 0 Å². The van der Waals surface area contributed by atoms with Gasteiger partial charge in [-0.1, -0.05) is 0 Å². The predicted octanol–water partition coefficient (Wildman–Crippen LogP) is 1.46. The van der Waals surface area contributed by atoms with E-state index in [2.05, 4.69) is 0 Å². The zero-order valence-electron chi connectivity index (χ0n) is 10.7. The summed E-state index contributed by atoms with van der Waals surface area (Å²) in [6.45, 7) is 0.490. The Bertz CT molecular complexity index is 478. The fourth-order valence-corrected chi connectivity index (χ4v) is 2.41. The molecule has 0 unspecified atom stereocenters. The van der Waals surface area contributed by atoms with Gasteiger partial charge in [-0.25, -0.2) is 8.78 Å². The zero-order valence-corrected chi connectivity index (χ0v) is 10.7. The molecule has 1 fully saturated rings. The summed E-state index contributed by atoms with van der Waals surface area (Å²) in [5.74, 6) is -1.57. The normalized spacial score (nSPS) is 21.9. The second-order valence-electron chi connectivity index (χ2n) is 5.07. The molecule has 19 heavy (non-hydrogen) atoms. The quantitative estimate of drug-likeness (QED) is 0.572. The van der Waals surface area contributed by atoms with Crippen LogP contribution in [0, 0.1) is 23.0 Å². The van der Waals surface area contributed by atoms with Crippen molar-refractivity contribution in [2.45, 2.75) is 18.9 Å². The summed E-state index contributed by atoms with van der Waals surface area (Å²) in [5, 5.41) is 16.4. The molecular formula is C13H17F2N3O. The molecule has 0 aliphatic heterocycles. The number of aliphatic hydroxyl groups is 1. The van der Waals surface area contributed by atoms with Crippen LogP contribution in [-0.2, 0) is 0 Å². The Morgan fingerprint density at radius 3 is 2.37 bits per heavy atom. The highest BCUT2D eigenvalue weighted by Crippen LogP contribution is 2.31. The second-order valence-corrected chi connectivity index (χ2v) is 5.07. The van der Waals surface area contributed by atoms with Crippen molar-refractivity contribution in [1.82, 2.24) is 0 Å². The zero-order chi connectivity index (χ0) is 14.2. The topological polar surface area (TPSA) is 73.3 Å². The highest BCUT2D eigenvalue weighted by molar-refractivity contribution is 5.95. The molecular weight excluding hydrogens is 252 g/mol. The van der Waals surface area contributed by atoms with E-state index in [9.17, 15) is 13.9 Å². The van der Waals surface area contributed by atoms with Gasteiger partial charge in [0, 0.05) is 19.2 Å². The van der Waals surface area contributed by atoms with Gasteiger partial charge < -0.3 is 15.7 Å². The summed E-state index contributed by atoms with van der Waals surface area (Å²) < 4.78 is 27.8. The third-order valence-electron chi connectivity index (χ3n) is 3.45. The van der Waals surface area contributed by atoms with Crippen LogP contribution in [0.15, 0.2) is 12.1 Å². The highest BCUT2D eigenvalue weighted by Gasteiger charge is 2.29. The lowest BCUT2D eigenvalue weighted by molar-refractivity contribution is 0.0464. The molecule has 2 rings (SSSR count). The van der Waals surface area contributed by atoms with Crippen LogP contribution in [0.4, 0.5) is 14.5 Å². The summed E-state index contributed by atoms with van der Waals surface area (Å²) >= 11 is 0. The molecule has 0 radical (unpaired) electrons. The number of rotatable bonds is 4. The van der Waals surface area contributed by atoms with Gasteiger partial charge in [0.1, 0.15) is 23.2 Å². The van der Waals surface area contributed by atoms with Gasteiger partial charge in [0.25, 0.3) is 0 Å². The van der Waals surface area contributed by atoms with Crippen LogP contribution in [0.2, 0.25) is 0 Å². The van der Waals surface area contributed by atoms with E-state index >= 15 is 0 Å². The van der Waals surface area contributed by atoms with Crippen molar-refractivity contribution >= 4 is 11.5 Å². The SMILES string of the molecule is CN(CC1CC(O)C1)c1c(F)cc(C(=N)N)cc1F. The maximum absolute atomic E-state index is 13.9. The third kappa shape index (κ3) is 2.84. The largest absolute Gasteiger partial charge is 0.393 e. The smallest absolute Gasteiger partial charge is 0.150 e. The number of nitrogens with one attached hydrogen (secondary N) is 1. The van der Waals surface area contributed by atoms with E-state index in [-0.39, 0.29) is 29.1 Å². The summed E-state index contributed by atoms with van der Waals surface area (Å²) in [6, 6.07) is 2.12. The molecule has 0 aromatic heterocycles. The Balaban J connectivity index is 2.17. The van der Waals surface area contributed by atoms with Crippen molar-refractivity contribution in [2.24, 2.45) is 11.7 Å². The Hall–Kier alpha value is -1.69. The first-order chi connectivity index (χ1) is 8.88. The molecule has 1 aliphatic carbocycles. The molecule has 0 spiro atoms. The van der Waals surface area contributed by atoms with Gasteiger partial charge in [-0.3, -0.25) is 5.41 Å². The number of hydrogen-bond acceptors (Lipinski definition) is 3. The average Bonchev–Trinajstić information content (AvgIpc) is 2.25. The molecule has 0 atom stereocenters. The first kappa shape index (κ1) is 13.7. The van der Waals surface area contributed by atoms with Crippen molar-refractivity contribution in [3.05, 3.63) is 29.3 Å². The van der Waals surface area contributed by atoms with E-state index in [0.717, 1.165) is 12.1 Å². The minimum absolute atomic E-state index is 0.0335. The van der Waals surface area contributed by atoms with Crippen LogP contribution in [0.5, 0.6) is 0 Å². The second kappa shape index (κ2) is 5.13. The minimum Gasteiger partial charge on any atom is -0.393 e. The molecule has 1 saturated carbocycles. The van der Waals surface area contributed by atoms with E-state index in [4.69, 9.17) is 11.1 Å². The lowest BCUT2D eigenvalue weighted by atomic mass is 9.82. The van der Waals surface area contributed by atoms with E-state index < -0.39 is 11.6 Å². The van der Waals surface area contributed by atoms with Crippen molar-refractivity contribution in [2.75, 3.05) is 18.5 Å². The number of benzene rings is 1.